The van der Waals surface area contributed by atoms with Crippen molar-refractivity contribution in [3.8, 4) is 11.5 Å². The molecule has 0 saturated carbocycles. The fourth-order valence-corrected chi connectivity index (χ4v) is 4.98. The van der Waals surface area contributed by atoms with Crippen LogP contribution in [-0.4, -0.2) is 53.1 Å². The van der Waals surface area contributed by atoms with Gasteiger partial charge in [0.15, 0.2) is 17.2 Å². The van der Waals surface area contributed by atoms with Gasteiger partial charge in [0.05, 0.1) is 19.1 Å². The molecule has 9 nitrogen and oxygen atoms in total. The smallest absolute Gasteiger partial charge is 0.310 e. The second kappa shape index (κ2) is 11.9. The number of aromatic nitrogens is 1. The zero-order chi connectivity index (χ0) is 26.5. The van der Waals surface area contributed by atoms with Crippen LogP contribution in [0, 0.1) is 5.92 Å². The molecule has 38 heavy (non-hydrogen) atoms. The van der Waals surface area contributed by atoms with Gasteiger partial charge in [0, 0.05) is 31.2 Å². The molecule has 1 atom stereocenters. The first kappa shape index (κ1) is 26.1. The Bertz CT molecular complexity index is 1300. The second-order valence-corrected chi connectivity index (χ2v) is 9.80. The number of hydrogen-bond donors (Lipinski definition) is 0. The summed E-state index contributed by atoms with van der Waals surface area (Å²) in [5, 5.41) is 0.674. The van der Waals surface area contributed by atoms with Gasteiger partial charge in [-0.1, -0.05) is 35.9 Å². The van der Waals surface area contributed by atoms with Gasteiger partial charge in [-0.05, 0) is 49.1 Å². The average molecular weight is 540 g/mol. The molecular formula is C28H30ClN3O6. The van der Waals surface area contributed by atoms with Gasteiger partial charge in [-0.3, -0.25) is 14.5 Å². The number of hydrogen-bond acceptors (Lipinski definition) is 8. The summed E-state index contributed by atoms with van der Waals surface area (Å²) >= 11 is 6.45. The van der Waals surface area contributed by atoms with E-state index in [1.807, 2.05) is 42.5 Å². The maximum Gasteiger partial charge on any atom is 0.310 e. The maximum absolute atomic E-state index is 13.2. The van der Waals surface area contributed by atoms with Crippen LogP contribution in [0.4, 0.5) is 0 Å². The molecule has 200 valence electrons. The number of amides is 1. The fraction of sp³-hybridized carbons (Fsp3) is 0.393. The van der Waals surface area contributed by atoms with E-state index in [9.17, 15) is 9.59 Å². The van der Waals surface area contributed by atoms with Crippen molar-refractivity contribution >= 4 is 23.5 Å². The molecule has 0 bridgehead atoms. The number of piperidine rings is 1. The standard InChI is InChI=1S/C28H30ClN3O6/c1-2-35-28(34)21-7-5-11-32(15-21)27(33)23-17-36-26(30-23)16-31(14-20-6-3-4-8-22(20)29)13-19-9-10-24-25(12-19)38-18-37-24/h3-4,6,8-10,12,17,21H,2,5,7,11,13-16,18H2,1H3/t21-/m0/s1. The number of oxazole rings is 1. The van der Waals surface area contributed by atoms with Crippen LogP contribution < -0.4 is 9.47 Å². The third-order valence-corrected chi connectivity index (χ3v) is 7.02. The zero-order valence-electron chi connectivity index (χ0n) is 21.2. The third-order valence-electron chi connectivity index (χ3n) is 6.65. The molecule has 3 heterocycles. The fourth-order valence-electron chi connectivity index (χ4n) is 4.78. The van der Waals surface area contributed by atoms with E-state index in [2.05, 4.69) is 9.88 Å². The molecule has 0 spiro atoms. The van der Waals surface area contributed by atoms with Crippen LogP contribution in [0.15, 0.2) is 53.1 Å². The summed E-state index contributed by atoms with van der Waals surface area (Å²) in [6.07, 6.45) is 2.84. The zero-order valence-corrected chi connectivity index (χ0v) is 22.0. The number of ether oxygens (including phenoxy) is 3. The maximum atomic E-state index is 13.2. The van der Waals surface area contributed by atoms with Gasteiger partial charge in [0.2, 0.25) is 12.7 Å². The Morgan fingerprint density at radius 2 is 1.97 bits per heavy atom. The number of carbonyl (C=O) groups is 2. The summed E-state index contributed by atoms with van der Waals surface area (Å²) < 4.78 is 21.9. The molecule has 10 heteroatoms. The highest BCUT2D eigenvalue weighted by Gasteiger charge is 2.31. The van der Waals surface area contributed by atoms with Crippen LogP contribution in [0.1, 0.15) is 47.3 Å². The van der Waals surface area contributed by atoms with E-state index in [1.54, 1.807) is 11.8 Å². The lowest BCUT2D eigenvalue weighted by Gasteiger charge is -2.30. The number of esters is 1. The minimum Gasteiger partial charge on any atom is -0.466 e. The van der Waals surface area contributed by atoms with Crippen molar-refractivity contribution in [2.75, 3.05) is 26.5 Å². The third kappa shape index (κ3) is 6.11. The van der Waals surface area contributed by atoms with Crippen LogP contribution in [0.3, 0.4) is 0 Å². The van der Waals surface area contributed by atoms with E-state index < -0.39 is 0 Å². The van der Waals surface area contributed by atoms with Crippen molar-refractivity contribution in [2.45, 2.75) is 39.4 Å². The van der Waals surface area contributed by atoms with E-state index in [1.165, 1.54) is 6.26 Å². The Hall–Kier alpha value is -3.56. The van der Waals surface area contributed by atoms with Crippen LogP contribution in [0.2, 0.25) is 5.02 Å². The summed E-state index contributed by atoms with van der Waals surface area (Å²) in [5.41, 5.74) is 2.23. The lowest BCUT2D eigenvalue weighted by Crippen LogP contribution is -2.43. The molecule has 2 aromatic carbocycles. The minimum absolute atomic E-state index is 0.215. The largest absolute Gasteiger partial charge is 0.466 e. The molecule has 1 amide bonds. The van der Waals surface area contributed by atoms with Crippen molar-refractivity contribution < 1.29 is 28.2 Å². The SMILES string of the molecule is CCOC(=O)[C@H]1CCCN(C(=O)c2coc(CN(Cc3ccc4c(c3)OCO4)Cc3ccccc3Cl)n2)C1. The molecule has 1 aromatic heterocycles. The Labute approximate surface area is 226 Å². The van der Waals surface area contributed by atoms with Gasteiger partial charge in [-0.15, -0.1) is 0 Å². The molecule has 2 aliphatic heterocycles. The van der Waals surface area contributed by atoms with Gasteiger partial charge in [0.1, 0.15) is 6.26 Å². The van der Waals surface area contributed by atoms with Crippen molar-refractivity contribution in [1.82, 2.24) is 14.8 Å². The highest BCUT2D eigenvalue weighted by atomic mass is 35.5. The molecule has 0 radical (unpaired) electrons. The van der Waals surface area contributed by atoms with Crippen LogP contribution in [0.25, 0.3) is 0 Å². The monoisotopic (exact) mass is 539 g/mol. The Balaban J connectivity index is 1.29. The number of rotatable bonds is 9. The highest BCUT2D eigenvalue weighted by molar-refractivity contribution is 6.31. The Kier molecular flexibility index (Phi) is 8.14. The first-order valence-electron chi connectivity index (χ1n) is 12.7. The molecule has 1 saturated heterocycles. The topological polar surface area (TPSA) is 94.3 Å². The van der Waals surface area contributed by atoms with Crippen molar-refractivity contribution in [3.05, 3.63) is 76.5 Å². The first-order valence-corrected chi connectivity index (χ1v) is 13.1. The molecule has 2 aliphatic rings. The molecular weight excluding hydrogens is 510 g/mol. The van der Waals surface area contributed by atoms with Gasteiger partial charge >= 0.3 is 5.97 Å². The van der Waals surface area contributed by atoms with Gasteiger partial charge in [-0.2, -0.15) is 0 Å². The number of fused-ring (bicyclic) bond motifs is 1. The van der Waals surface area contributed by atoms with Gasteiger partial charge < -0.3 is 23.5 Å². The quantitative estimate of drug-likeness (QED) is 0.362. The molecule has 0 N–H and O–H groups in total. The average Bonchev–Trinajstić information content (AvgIpc) is 3.59. The van der Waals surface area contributed by atoms with Crippen LogP contribution >= 0.6 is 11.6 Å². The van der Waals surface area contributed by atoms with E-state index in [0.717, 1.165) is 23.3 Å². The lowest BCUT2D eigenvalue weighted by molar-refractivity contribution is -0.149. The molecule has 5 rings (SSSR count). The van der Waals surface area contributed by atoms with Crippen molar-refractivity contribution in [1.29, 1.82) is 0 Å². The summed E-state index contributed by atoms with van der Waals surface area (Å²) in [7, 11) is 0. The predicted molar refractivity (Wildman–Crippen MR) is 139 cm³/mol. The molecule has 0 unspecified atom stereocenters. The highest BCUT2D eigenvalue weighted by Crippen LogP contribution is 2.33. The number of benzene rings is 2. The molecule has 3 aromatic rings. The van der Waals surface area contributed by atoms with E-state index in [0.29, 0.717) is 62.4 Å². The minimum atomic E-state index is -0.313. The van der Waals surface area contributed by atoms with E-state index in [-0.39, 0.29) is 30.3 Å². The summed E-state index contributed by atoms with van der Waals surface area (Å²) in [6, 6.07) is 13.5. The van der Waals surface area contributed by atoms with Crippen molar-refractivity contribution in [3.63, 3.8) is 0 Å². The number of nitrogens with zero attached hydrogens (tertiary/aromatic N) is 3. The normalized spacial score (nSPS) is 16.6. The summed E-state index contributed by atoms with van der Waals surface area (Å²) in [5.74, 6) is 1.04. The molecule has 1 fully saturated rings. The number of halogens is 1. The number of carbonyl (C=O) groups excluding carboxylic acids is 2. The van der Waals surface area contributed by atoms with Crippen LogP contribution in [-0.2, 0) is 29.2 Å². The Morgan fingerprint density at radius 1 is 1.13 bits per heavy atom. The van der Waals surface area contributed by atoms with Crippen LogP contribution in [0.5, 0.6) is 11.5 Å². The Morgan fingerprint density at radius 3 is 2.82 bits per heavy atom. The number of likely N-dealkylation sites (tertiary alicyclic amines) is 1. The second-order valence-electron chi connectivity index (χ2n) is 9.39. The predicted octanol–water partition coefficient (Wildman–Crippen LogP) is 4.67. The summed E-state index contributed by atoms with van der Waals surface area (Å²) in [4.78, 5) is 33.6. The lowest BCUT2D eigenvalue weighted by atomic mass is 9.98. The van der Waals surface area contributed by atoms with Gasteiger partial charge in [0.25, 0.3) is 5.91 Å². The van der Waals surface area contributed by atoms with E-state index in [4.69, 9.17) is 30.2 Å². The molecule has 0 aliphatic carbocycles. The van der Waals surface area contributed by atoms with Gasteiger partial charge in [-0.25, -0.2) is 4.98 Å². The van der Waals surface area contributed by atoms with Crippen molar-refractivity contribution in [2.24, 2.45) is 5.92 Å². The van der Waals surface area contributed by atoms with E-state index >= 15 is 0 Å². The first-order chi connectivity index (χ1) is 18.5. The summed E-state index contributed by atoms with van der Waals surface area (Å²) in [6.45, 7) is 4.69.